The number of rotatable bonds is 21. The Morgan fingerprint density at radius 2 is 1.39 bits per heavy atom. The SMILES string of the molecule is CCCCC/C=C\C/C=C\CCCCCCCC(O)C[C@H]1OC(=O)[C@@H]1CCCCCC. The molecule has 0 aromatic rings. The van der Waals surface area contributed by atoms with Crippen LogP contribution in [-0.4, -0.2) is 23.3 Å². The van der Waals surface area contributed by atoms with Crippen LogP contribution < -0.4 is 0 Å². The molecule has 1 aliphatic heterocycles. The molecule has 0 saturated carbocycles. The first-order valence-electron chi connectivity index (χ1n) is 13.4. The van der Waals surface area contributed by atoms with Crippen LogP contribution in [0.4, 0.5) is 0 Å². The third kappa shape index (κ3) is 14.6. The summed E-state index contributed by atoms with van der Waals surface area (Å²) in [5, 5.41) is 10.3. The Labute approximate surface area is 192 Å². The summed E-state index contributed by atoms with van der Waals surface area (Å²) in [4.78, 5) is 11.7. The van der Waals surface area contributed by atoms with Gasteiger partial charge in [0.05, 0.1) is 12.0 Å². The van der Waals surface area contributed by atoms with Crippen molar-refractivity contribution in [2.24, 2.45) is 5.92 Å². The summed E-state index contributed by atoms with van der Waals surface area (Å²) in [7, 11) is 0. The highest BCUT2D eigenvalue weighted by atomic mass is 16.6. The van der Waals surface area contributed by atoms with Gasteiger partial charge in [0, 0.05) is 6.42 Å². The van der Waals surface area contributed by atoms with Crippen LogP contribution in [0.2, 0.25) is 0 Å². The number of hydrogen-bond acceptors (Lipinski definition) is 3. The average molecular weight is 435 g/mol. The lowest BCUT2D eigenvalue weighted by Crippen LogP contribution is -2.46. The van der Waals surface area contributed by atoms with Crippen molar-refractivity contribution in [2.45, 2.75) is 142 Å². The second-order valence-corrected chi connectivity index (χ2v) is 9.34. The summed E-state index contributed by atoms with van der Waals surface area (Å²) in [6.07, 6.45) is 29.5. The van der Waals surface area contributed by atoms with E-state index in [1.54, 1.807) is 0 Å². The van der Waals surface area contributed by atoms with Gasteiger partial charge in [-0.2, -0.15) is 0 Å². The topological polar surface area (TPSA) is 46.5 Å². The van der Waals surface area contributed by atoms with Crippen molar-refractivity contribution in [2.75, 3.05) is 0 Å². The van der Waals surface area contributed by atoms with Gasteiger partial charge < -0.3 is 9.84 Å². The summed E-state index contributed by atoms with van der Waals surface area (Å²) in [5.41, 5.74) is 0. The van der Waals surface area contributed by atoms with Gasteiger partial charge in [0.1, 0.15) is 6.10 Å². The van der Waals surface area contributed by atoms with E-state index in [1.165, 1.54) is 77.0 Å². The summed E-state index contributed by atoms with van der Waals surface area (Å²) in [6, 6.07) is 0. The second-order valence-electron chi connectivity index (χ2n) is 9.34. The van der Waals surface area contributed by atoms with Gasteiger partial charge in [-0.25, -0.2) is 0 Å². The van der Waals surface area contributed by atoms with Crippen LogP contribution in [0.15, 0.2) is 24.3 Å². The fourth-order valence-corrected chi connectivity index (χ4v) is 4.28. The van der Waals surface area contributed by atoms with Crippen molar-refractivity contribution < 1.29 is 14.6 Å². The number of carbonyl (C=O) groups is 1. The van der Waals surface area contributed by atoms with Gasteiger partial charge in [0.2, 0.25) is 0 Å². The molecule has 0 radical (unpaired) electrons. The van der Waals surface area contributed by atoms with Gasteiger partial charge in [-0.3, -0.25) is 4.79 Å². The molecule has 0 aromatic carbocycles. The predicted octanol–water partition coefficient (Wildman–Crippen LogP) is 8.06. The van der Waals surface area contributed by atoms with Crippen molar-refractivity contribution in [1.82, 2.24) is 0 Å². The number of ether oxygens (including phenoxy) is 1. The molecule has 0 amide bonds. The molecule has 3 heteroatoms. The van der Waals surface area contributed by atoms with Crippen LogP contribution in [0.25, 0.3) is 0 Å². The van der Waals surface area contributed by atoms with Crippen molar-refractivity contribution in [1.29, 1.82) is 0 Å². The van der Waals surface area contributed by atoms with Crippen LogP contribution in [0.5, 0.6) is 0 Å². The quantitative estimate of drug-likeness (QED) is 0.113. The maximum atomic E-state index is 11.7. The van der Waals surface area contributed by atoms with E-state index in [-0.39, 0.29) is 24.1 Å². The van der Waals surface area contributed by atoms with E-state index in [2.05, 4.69) is 38.2 Å². The monoisotopic (exact) mass is 434 g/mol. The molecule has 1 fully saturated rings. The van der Waals surface area contributed by atoms with Crippen molar-refractivity contribution in [3.8, 4) is 0 Å². The molecular weight excluding hydrogens is 384 g/mol. The molecule has 0 aliphatic carbocycles. The molecule has 1 heterocycles. The summed E-state index contributed by atoms with van der Waals surface area (Å²) >= 11 is 0. The molecule has 3 nitrogen and oxygen atoms in total. The van der Waals surface area contributed by atoms with E-state index < -0.39 is 0 Å². The molecule has 1 N–H and O–H groups in total. The molecular formula is C28H50O3. The molecule has 0 aromatic heterocycles. The summed E-state index contributed by atoms with van der Waals surface area (Å²) < 4.78 is 5.30. The van der Waals surface area contributed by atoms with Gasteiger partial charge in [0.25, 0.3) is 0 Å². The lowest BCUT2D eigenvalue weighted by molar-refractivity contribution is -0.188. The third-order valence-corrected chi connectivity index (χ3v) is 6.38. The lowest BCUT2D eigenvalue weighted by Gasteiger charge is -2.36. The Bertz CT molecular complexity index is 483. The zero-order valence-electron chi connectivity index (χ0n) is 20.5. The first-order chi connectivity index (χ1) is 15.2. The maximum Gasteiger partial charge on any atom is 0.313 e. The van der Waals surface area contributed by atoms with Crippen molar-refractivity contribution in [3.05, 3.63) is 24.3 Å². The van der Waals surface area contributed by atoms with E-state index in [0.29, 0.717) is 6.42 Å². The zero-order chi connectivity index (χ0) is 22.6. The number of aliphatic hydroxyl groups excluding tert-OH is 1. The number of allylic oxidation sites excluding steroid dienone is 4. The molecule has 3 atom stereocenters. The first-order valence-corrected chi connectivity index (χ1v) is 13.4. The Kier molecular flexibility index (Phi) is 17.7. The van der Waals surface area contributed by atoms with Gasteiger partial charge in [-0.05, 0) is 44.9 Å². The molecule has 1 saturated heterocycles. The number of cyclic esters (lactones) is 1. The highest BCUT2D eigenvalue weighted by Crippen LogP contribution is 2.31. The van der Waals surface area contributed by atoms with Crippen LogP contribution in [0.3, 0.4) is 0 Å². The Balaban J connectivity index is 1.92. The number of carbonyl (C=O) groups excluding carboxylic acids is 1. The lowest BCUT2D eigenvalue weighted by atomic mass is 9.86. The Hall–Kier alpha value is -1.09. The molecule has 1 rings (SSSR count). The number of unbranched alkanes of at least 4 members (excludes halogenated alkanes) is 11. The molecule has 31 heavy (non-hydrogen) atoms. The smallest absolute Gasteiger partial charge is 0.313 e. The number of hydrogen-bond donors (Lipinski definition) is 1. The van der Waals surface area contributed by atoms with E-state index in [9.17, 15) is 9.90 Å². The van der Waals surface area contributed by atoms with Crippen molar-refractivity contribution >= 4 is 5.97 Å². The van der Waals surface area contributed by atoms with Gasteiger partial charge in [-0.15, -0.1) is 0 Å². The number of esters is 1. The fourth-order valence-electron chi connectivity index (χ4n) is 4.28. The van der Waals surface area contributed by atoms with Crippen molar-refractivity contribution in [3.63, 3.8) is 0 Å². The van der Waals surface area contributed by atoms with Gasteiger partial charge in [0.15, 0.2) is 0 Å². The highest BCUT2D eigenvalue weighted by molar-refractivity contribution is 5.78. The molecule has 1 aliphatic rings. The summed E-state index contributed by atoms with van der Waals surface area (Å²) in [6.45, 7) is 4.44. The van der Waals surface area contributed by atoms with Gasteiger partial charge >= 0.3 is 5.97 Å². The van der Waals surface area contributed by atoms with E-state index in [0.717, 1.165) is 32.1 Å². The predicted molar refractivity (Wildman–Crippen MR) is 132 cm³/mol. The minimum absolute atomic E-state index is 0.0381. The second kappa shape index (κ2) is 19.6. The Morgan fingerprint density at radius 3 is 2.06 bits per heavy atom. The van der Waals surface area contributed by atoms with E-state index in [1.807, 2.05) is 0 Å². The minimum atomic E-state index is -0.325. The minimum Gasteiger partial charge on any atom is -0.461 e. The Morgan fingerprint density at radius 1 is 0.806 bits per heavy atom. The first kappa shape index (κ1) is 27.9. The van der Waals surface area contributed by atoms with E-state index in [4.69, 9.17) is 4.74 Å². The zero-order valence-corrected chi connectivity index (χ0v) is 20.5. The fraction of sp³-hybridized carbons (Fsp3) is 0.821. The van der Waals surface area contributed by atoms with E-state index >= 15 is 0 Å². The molecule has 0 spiro atoms. The van der Waals surface area contributed by atoms with Crippen LogP contribution in [0, 0.1) is 5.92 Å². The largest absolute Gasteiger partial charge is 0.461 e. The molecule has 180 valence electrons. The molecule has 1 unspecified atom stereocenters. The number of aliphatic hydroxyl groups is 1. The maximum absolute atomic E-state index is 11.7. The van der Waals surface area contributed by atoms with Crippen LogP contribution in [-0.2, 0) is 9.53 Å². The average Bonchev–Trinajstić information content (AvgIpc) is 2.76. The highest BCUT2D eigenvalue weighted by Gasteiger charge is 2.42. The third-order valence-electron chi connectivity index (χ3n) is 6.38. The van der Waals surface area contributed by atoms with Crippen LogP contribution >= 0.6 is 0 Å². The standard InChI is InChI=1S/C28H50O3/c1-3-5-7-9-10-11-12-13-14-15-16-17-18-19-20-22-25(29)24-27-26(28(30)31-27)23-21-8-6-4-2/h10-11,13-14,25-27,29H,3-9,12,15-24H2,1-2H3/b11-10-,14-13-/t25?,26-,27-/m1/s1. The van der Waals surface area contributed by atoms with Gasteiger partial charge in [-0.1, -0.05) is 102 Å². The van der Waals surface area contributed by atoms with Crippen LogP contribution in [0.1, 0.15) is 129 Å². The summed E-state index contributed by atoms with van der Waals surface area (Å²) in [5.74, 6) is -0.0122. The normalized spacial score (nSPS) is 19.8. The molecule has 0 bridgehead atoms.